The molecule has 3 N–H and O–H groups in total. The summed E-state index contributed by atoms with van der Waals surface area (Å²) in [5.41, 5.74) is 0. The van der Waals surface area contributed by atoms with Crippen molar-refractivity contribution in [3.8, 4) is 0 Å². The monoisotopic (exact) mass is 263 g/mol. The Morgan fingerprint density at radius 2 is 2.11 bits per heavy atom. The highest BCUT2D eigenvalue weighted by atomic mass is 16.4. The Balaban J connectivity index is 1.84. The quantitative estimate of drug-likeness (QED) is 0.683. The van der Waals surface area contributed by atoms with Crippen LogP contribution in [0.3, 0.4) is 0 Å². The number of carboxylic acid groups (broad SMARTS) is 1. The minimum absolute atomic E-state index is 0.191. The Morgan fingerprint density at radius 1 is 1.37 bits per heavy atom. The summed E-state index contributed by atoms with van der Waals surface area (Å²) in [6, 6.07) is 0. The average Bonchev–Trinajstić information content (AvgIpc) is 2.91. The van der Waals surface area contributed by atoms with Crippen molar-refractivity contribution in [1.29, 1.82) is 0 Å². The Labute approximate surface area is 110 Å². The second-order valence-corrected chi connectivity index (χ2v) is 4.57. The molecule has 0 aliphatic heterocycles. The van der Waals surface area contributed by atoms with Crippen LogP contribution in [0.15, 0.2) is 24.5 Å². The first-order valence-corrected chi connectivity index (χ1v) is 6.32. The summed E-state index contributed by atoms with van der Waals surface area (Å²) in [7, 11) is 0. The van der Waals surface area contributed by atoms with E-state index >= 15 is 0 Å². The summed E-state index contributed by atoms with van der Waals surface area (Å²) >= 11 is 0. The number of nitrogens with one attached hydrogen (secondary N) is 2. The fourth-order valence-corrected chi connectivity index (χ4v) is 2.25. The lowest BCUT2D eigenvalue weighted by molar-refractivity contribution is -0.147. The van der Waals surface area contributed by atoms with Crippen LogP contribution in [0.25, 0.3) is 0 Å². The number of carboxylic acids is 1. The molecule has 19 heavy (non-hydrogen) atoms. The lowest BCUT2D eigenvalue weighted by atomic mass is 9.82. The molecule has 1 heterocycles. The van der Waals surface area contributed by atoms with Crippen molar-refractivity contribution in [2.24, 2.45) is 11.8 Å². The minimum Gasteiger partial charge on any atom is -0.481 e. The Kier molecular flexibility index (Phi) is 4.33. The van der Waals surface area contributed by atoms with E-state index in [0.29, 0.717) is 25.8 Å². The molecule has 102 valence electrons. The second kappa shape index (κ2) is 6.17. The highest BCUT2D eigenvalue weighted by Crippen LogP contribution is 2.25. The Bertz CT molecular complexity index is 467. The molecule has 6 nitrogen and oxygen atoms in total. The number of amides is 1. The molecular weight excluding hydrogens is 246 g/mol. The predicted molar refractivity (Wildman–Crippen MR) is 68.3 cm³/mol. The number of hydrogen-bond acceptors (Lipinski definition) is 3. The van der Waals surface area contributed by atoms with Gasteiger partial charge in [-0.05, 0) is 12.8 Å². The molecule has 1 aromatic heterocycles. The maximum atomic E-state index is 12.0. The number of rotatable bonds is 5. The molecule has 1 aliphatic carbocycles. The van der Waals surface area contributed by atoms with E-state index in [2.05, 4.69) is 15.3 Å². The Morgan fingerprint density at radius 3 is 2.74 bits per heavy atom. The fraction of sp³-hybridized carbons (Fsp3) is 0.462. The van der Waals surface area contributed by atoms with Crippen LogP contribution in [0, 0.1) is 11.8 Å². The molecule has 0 saturated heterocycles. The van der Waals surface area contributed by atoms with Gasteiger partial charge in [-0.3, -0.25) is 9.59 Å². The van der Waals surface area contributed by atoms with Crippen molar-refractivity contribution >= 4 is 11.9 Å². The fourth-order valence-electron chi connectivity index (χ4n) is 2.25. The third-order valence-corrected chi connectivity index (χ3v) is 3.30. The van der Waals surface area contributed by atoms with Gasteiger partial charge in [0.1, 0.15) is 5.82 Å². The molecule has 1 aromatic rings. The molecular formula is C13H17N3O3. The van der Waals surface area contributed by atoms with Crippen molar-refractivity contribution in [1.82, 2.24) is 15.3 Å². The third kappa shape index (κ3) is 3.43. The Hall–Kier alpha value is -2.11. The van der Waals surface area contributed by atoms with Crippen molar-refractivity contribution < 1.29 is 14.7 Å². The standard InChI is InChI=1S/C13H17N3O3/c17-12(16-6-5-11-14-7-8-15-11)9-3-1-2-4-10(9)13(18)19/h1-2,7-10H,3-6H2,(H,14,15)(H,16,17)(H,18,19)/t9-,10+/m1/s1. The minimum atomic E-state index is -0.907. The van der Waals surface area contributed by atoms with Gasteiger partial charge in [0.25, 0.3) is 0 Å². The average molecular weight is 263 g/mol. The van der Waals surface area contributed by atoms with Crippen molar-refractivity contribution in [2.75, 3.05) is 6.54 Å². The molecule has 1 aliphatic rings. The van der Waals surface area contributed by atoms with E-state index in [-0.39, 0.29) is 5.91 Å². The first-order valence-electron chi connectivity index (χ1n) is 6.32. The van der Waals surface area contributed by atoms with Crippen LogP contribution < -0.4 is 5.32 Å². The highest BCUT2D eigenvalue weighted by Gasteiger charge is 2.33. The summed E-state index contributed by atoms with van der Waals surface area (Å²) in [6.45, 7) is 0.457. The van der Waals surface area contributed by atoms with Crippen molar-refractivity contribution in [3.63, 3.8) is 0 Å². The largest absolute Gasteiger partial charge is 0.481 e. The molecule has 6 heteroatoms. The van der Waals surface area contributed by atoms with Gasteiger partial charge in [0.05, 0.1) is 11.8 Å². The zero-order valence-corrected chi connectivity index (χ0v) is 10.5. The normalized spacial score (nSPS) is 22.1. The second-order valence-electron chi connectivity index (χ2n) is 4.57. The lowest BCUT2D eigenvalue weighted by Gasteiger charge is -2.24. The maximum Gasteiger partial charge on any atom is 0.307 e. The maximum absolute atomic E-state index is 12.0. The van der Waals surface area contributed by atoms with Crippen LogP contribution in [-0.4, -0.2) is 33.5 Å². The van der Waals surface area contributed by atoms with E-state index in [1.165, 1.54) is 0 Å². The molecule has 0 bridgehead atoms. The predicted octanol–water partition coefficient (Wildman–Crippen LogP) is 0.735. The van der Waals surface area contributed by atoms with Gasteiger partial charge in [-0.25, -0.2) is 4.98 Å². The summed E-state index contributed by atoms with van der Waals surface area (Å²) in [6.07, 6.45) is 8.60. The molecule has 0 spiro atoms. The molecule has 1 amide bonds. The number of nitrogens with zero attached hydrogens (tertiary/aromatic N) is 1. The number of hydrogen-bond donors (Lipinski definition) is 3. The van der Waals surface area contributed by atoms with Gasteiger partial charge >= 0.3 is 5.97 Å². The number of carbonyl (C=O) groups is 2. The number of aromatic amines is 1. The van der Waals surface area contributed by atoms with E-state index in [1.54, 1.807) is 12.4 Å². The molecule has 2 atom stereocenters. The summed E-state index contributed by atoms with van der Waals surface area (Å²) in [5.74, 6) is -1.38. The zero-order valence-electron chi connectivity index (χ0n) is 10.5. The molecule has 0 saturated carbocycles. The molecule has 2 rings (SSSR count). The molecule has 0 aromatic carbocycles. The van der Waals surface area contributed by atoms with Gasteiger partial charge in [-0.15, -0.1) is 0 Å². The number of aliphatic carboxylic acids is 1. The molecule has 0 fully saturated rings. The van der Waals surface area contributed by atoms with Crippen LogP contribution in [0.2, 0.25) is 0 Å². The van der Waals surface area contributed by atoms with Gasteiger partial charge < -0.3 is 15.4 Å². The summed E-state index contributed by atoms with van der Waals surface area (Å²) < 4.78 is 0. The van der Waals surface area contributed by atoms with E-state index in [1.807, 2.05) is 12.2 Å². The van der Waals surface area contributed by atoms with Gasteiger partial charge in [-0.2, -0.15) is 0 Å². The van der Waals surface area contributed by atoms with Crippen molar-refractivity contribution in [3.05, 3.63) is 30.4 Å². The number of carbonyl (C=O) groups excluding carboxylic acids is 1. The topological polar surface area (TPSA) is 95.1 Å². The van der Waals surface area contributed by atoms with E-state index in [0.717, 1.165) is 5.82 Å². The third-order valence-electron chi connectivity index (χ3n) is 3.30. The molecule has 0 radical (unpaired) electrons. The smallest absolute Gasteiger partial charge is 0.307 e. The van der Waals surface area contributed by atoms with Gasteiger partial charge in [0.15, 0.2) is 0 Å². The van der Waals surface area contributed by atoms with Gasteiger partial charge in [0.2, 0.25) is 5.91 Å². The van der Waals surface area contributed by atoms with Crippen LogP contribution >= 0.6 is 0 Å². The number of aromatic nitrogens is 2. The molecule has 0 unspecified atom stereocenters. The van der Waals surface area contributed by atoms with E-state index in [4.69, 9.17) is 5.11 Å². The first-order chi connectivity index (χ1) is 9.18. The van der Waals surface area contributed by atoms with Crippen LogP contribution in [-0.2, 0) is 16.0 Å². The number of imidazole rings is 1. The van der Waals surface area contributed by atoms with Crippen LogP contribution in [0.1, 0.15) is 18.7 Å². The summed E-state index contributed by atoms with van der Waals surface area (Å²) in [4.78, 5) is 30.1. The van der Waals surface area contributed by atoms with Crippen molar-refractivity contribution in [2.45, 2.75) is 19.3 Å². The first kappa shape index (κ1) is 13.3. The highest BCUT2D eigenvalue weighted by molar-refractivity contribution is 5.85. The zero-order chi connectivity index (χ0) is 13.7. The number of H-pyrrole nitrogens is 1. The summed E-state index contributed by atoms with van der Waals surface area (Å²) in [5, 5.41) is 11.9. The lowest BCUT2D eigenvalue weighted by Crippen LogP contribution is -2.39. The van der Waals surface area contributed by atoms with Gasteiger partial charge in [0, 0.05) is 25.4 Å². The van der Waals surface area contributed by atoms with Crippen LogP contribution in [0.5, 0.6) is 0 Å². The van der Waals surface area contributed by atoms with E-state index in [9.17, 15) is 9.59 Å². The SMILES string of the molecule is O=C(O)[C@H]1CC=CC[C@H]1C(=O)NCCc1ncc[nH]1. The van der Waals surface area contributed by atoms with E-state index < -0.39 is 17.8 Å². The van der Waals surface area contributed by atoms with Crippen LogP contribution in [0.4, 0.5) is 0 Å². The number of allylic oxidation sites excluding steroid dienone is 2. The van der Waals surface area contributed by atoms with Gasteiger partial charge in [-0.1, -0.05) is 12.2 Å².